The molecule has 0 unspecified atom stereocenters. The minimum absolute atomic E-state index is 0.0159. The van der Waals surface area contributed by atoms with Crippen LogP contribution in [-0.4, -0.2) is 17.2 Å². The van der Waals surface area contributed by atoms with Crippen molar-refractivity contribution in [1.29, 1.82) is 0 Å². The van der Waals surface area contributed by atoms with Crippen LogP contribution in [0.5, 0.6) is 0 Å². The SMILES string of the molecule is C=C(C)C[C@](C)(N=C=S)c1cc(NC(=O)C(F)(F)F)ccc1F. The zero-order valence-corrected chi connectivity index (χ0v) is 13.2. The van der Waals surface area contributed by atoms with Crippen LogP contribution in [0.2, 0.25) is 0 Å². The number of aliphatic imine (C=N–C) groups is 1. The van der Waals surface area contributed by atoms with E-state index in [1.165, 1.54) is 0 Å². The number of hydrogen-bond donors (Lipinski definition) is 1. The van der Waals surface area contributed by atoms with Crippen molar-refractivity contribution >= 4 is 29.0 Å². The monoisotopic (exact) mass is 346 g/mol. The number of thiocarbonyl (C=S) groups is 1. The molecule has 0 saturated heterocycles. The fourth-order valence-corrected chi connectivity index (χ4v) is 2.30. The number of alkyl halides is 3. The summed E-state index contributed by atoms with van der Waals surface area (Å²) >= 11 is 4.56. The summed E-state index contributed by atoms with van der Waals surface area (Å²) in [7, 11) is 0. The largest absolute Gasteiger partial charge is 0.471 e. The minimum atomic E-state index is -5.04. The average molecular weight is 346 g/mol. The second kappa shape index (κ2) is 7.02. The molecule has 1 aromatic carbocycles. The third-order valence-electron chi connectivity index (χ3n) is 3.00. The van der Waals surface area contributed by atoms with Gasteiger partial charge in [0.25, 0.3) is 0 Å². The molecule has 3 nitrogen and oxygen atoms in total. The highest BCUT2D eigenvalue weighted by Gasteiger charge is 2.39. The molecule has 0 aliphatic rings. The summed E-state index contributed by atoms with van der Waals surface area (Å²) in [5.74, 6) is -2.83. The molecular formula is C15H14F4N2OS. The van der Waals surface area contributed by atoms with Gasteiger partial charge in [-0.05, 0) is 50.7 Å². The van der Waals surface area contributed by atoms with Crippen LogP contribution in [0.1, 0.15) is 25.8 Å². The van der Waals surface area contributed by atoms with Crippen molar-refractivity contribution in [3.8, 4) is 0 Å². The van der Waals surface area contributed by atoms with E-state index in [0.717, 1.165) is 18.2 Å². The van der Waals surface area contributed by atoms with E-state index in [1.807, 2.05) is 0 Å². The highest BCUT2D eigenvalue weighted by atomic mass is 32.1. The van der Waals surface area contributed by atoms with Crippen LogP contribution in [0.3, 0.4) is 0 Å². The Labute approximate surface area is 136 Å². The van der Waals surface area contributed by atoms with Crippen molar-refractivity contribution in [3.05, 3.63) is 41.7 Å². The van der Waals surface area contributed by atoms with Crippen LogP contribution in [0.15, 0.2) is 35.3 Å². The molecule has 0 spiro atoms. The van der Waals surface area contributed by atoms with Gasteiger partial charge in [0.05, 0.1) is 10.7 Å². The van der Waals surface area contributed by atoms with Gasteiger partial charge < -0.3 is 5.32 Å². The fraction of sp³-hybridized carbons (Fsp3) is 0.333. The zero-order valence-electron chi connectivity index (χ0n) is 12.4. The molecule has 0 fully saturated rings. The number of halogens is 4. The Bertz CT molecular complexity index is 681. The number of isothiocyanates is 1. The van der Waals surface area contributed by atoms with Gasteiger partial charge in [-0.15, -0.1) is 6.58 Å². The van der Waals surface area contributed by atoms with Crippen LogP contribution in [0.25, 0.3) is 0 Å². The molecule has 0 aliphatic carbocycles. The summed E-state index contributed by atoms with van der Waals surface area (Å²) < 4.78 is 51.0. The minimum Gasteiger partial charge on any atom is -0.318 e. The van der Waals surface area contributed by atoms with E-state index in [4.69, 9.17) is 0 Å². The highest BCUT2D eigenvalue weighted by Crippen LogP contribution is 2.35. The van der Waals surface area contributed by atoms with Crippen LogP contribution >= 0.6 is 12.2 Å². The van der Waals surface area contributed by atoms with E-state index in [0.29, 0.717) is 5.57 Å². The van der Waals surface area contributed by atoms with Crippen LogP contribution in [0, 0.1) is 5.82 Å². The molecule has 1 atom stereocenters. The van der Waals surface area contributed by atoms with Crippen molar-refractivity contribution in [2.75, 3.05) is 5.32 Å². The molecule has 0 bridgehead atoms. The molecule has 1 N–H and O–H groups in total. The van der Waals surface area contributed by atoms with E-state index in [9.17, 15) is 22.4 Å². The molecule has 0 aromatic heterocycles. The van der Waals surface area contributed by atoms with Crippen molar-refractivity contribution in [2.24, 2.45) is 4.99 Å². The van der Waals surface area contributed by atoms with Gasteiger partial charge in [0.15, 0.2) is 0 Å². The van der Waals surface area contributed by atoms with E-state index in [1.54, 1.807) is 19.2 Å². The normalized spacial score (nSPS) is 13.7. The van der Waals surface area contributed by atoms with E-state index in [-0.39, 0.29) is 17.7 Å². The summed E-state index contributed by atoms with van der Waals surface area (Å²) in [6.45, 7) is 6.97. The predicted octanol–water partition coefficient (Wildman–Crippen LogP) is 4.61. The molecule has 0 heterocycles. The van der Waals surface area contributed by atoms with Crippen molar-refractivity contribution < 1.29 is 22.4 Å². The number of nitrogens with one attached hydrogen (secondary N) is 1. The molecular weight excluding hydrogens is 332 g/mol. The Kier molecular flexibility index (Phi) is 5.80. The number of benzene rings is 1. The standard InChI is InChI=1S/C15H14F4N2OS/c1-9(2)7-14(3,20-8-23)11-6-10(4-5-12(11)16)21-13(22)15(17,18)19/h4-6H,1,7H2,2-3H3,(H,21,22)/t14-/m0/s1. The maximum atomic E-state index is 14.1. The lowest BCUT2D eigenvalue weighted by molar-refractivity contribution is -0.167. The van der Waals surface area contributed by atoms with E-state index in [2.05, 4.69) is 29.0 Å². The molecule has 1 aromatic rings. The van der Waals surface area contributed by atoms with Gasteiger partial charge in [0, 0.05) is 11.3 Å². The summed E-state index contributed by atoms with van der Waals surface area (Å²) in [5.41, 5.74) is -0.726. The van der Waals surface area contributed by atoms with Crippen molar-refractivity contribution in [2.45, 2.75) is 32.0 Å². The summed E-state index contributed by atoms with van der Waals surface area (Å²) in [4.78, 5) is 14.9. The number of amides is 1. The summed E-state index contributed by atoms with van der Waals surface area (Å²) in [6, 6.07) is 3.08. The first-order valence-electron chi connectivity index (χ1n) is 6.41. The van der Waals surface area contributed by atoms with Crippen LogP contribution < -0.4 is 5.32 Å². The number of hydrogen-bond acceptors (Lipinski definition) is 3. The lowest BCUT2D eigenvalue weighted by atomic mass is 9.86. The second-order valence-electron chi connectivity index (χ2n) is 5.26. The molecule has 1 amide bonds. The molecule has 8 heteroatoms. The molecule has 0 aliphatic heterocycles. The maximum absolute atomic E-state index is 14.1. The second-order valence-corrected chi connectivity index (χ2v) is 5.44. The topological polar surface area (TPSA) is 41.5 Å². The number of rotatable bonds is 5. The summed E-state index contributed by atoms with van der Waals surface area (Å²) in [5, 5.41) is 3.83. The van der Waals surface area contributed by atoms with Gasteiger partial charge in [-0.3, -0.25) is 4.79 Å². The molecule has 124 valence electrons. The first-order chi connectivity index (χ1) is 10.5. The first-order valence-corrected chi connectivity index (χ1v) is 6.82. The number of nitrogens with zero attached hydrogens (tertiary/aromatic N) is 1. The molecule has 23 heavy (non-hydrogen) atoms. The van der Waals surface area contributed by atoms with Gasteiger partial charge in [-0.25, -0.2) is 9.38 Å². The molecule has 0 saturated carbocycles. The number of carbonyl (C=O) groups excluding carboxylic acids is 1. The average Bonchev–Trinajstić information content (AvgIpc) is 2.39. The zero-order chi connectivity index (χ0) is 17.8. The highest BCUT2D eigenvalue weighted by molar-refractivity contribution is 7.78. The van der Waals surface area contributed by atoms with Gasteiger partial charge in [0.2, 0.25) is 0 Å². The fourth-order valence-electron chi connectivity index (χ4n) is 2.10. The Morgan fingerprint density at radius 2 is 2.04 bits per heavy atom. The van der Waals surface area contributed by atoms with Gasteiger partial charge in [-0.1, -0.05) is 5.57 Å². The summed E-state index contributed by atoms with van der Waals surface area (Å²) in [6.07, 6.45) is -4.83. The van der Waals surface area contributed by atoms with E-state index >= 15 is 0 Å². The third kappa shape index (κ3) is 4.97. The lowest BCUT2D eigenvalue weighted by Crippen LogP contribution is -2.30. The Balaban J connectivity index is 3.30. The number of carbonyl (C=O) groups is 1. The lowest BCUT2D eigenvalue weighted by Gasteiger charge is -2.25. The Morgan fingerprint density at radius 1 is 1.43 bits per heavy atom. The van der Waals surface area contributed by atoms with Gasteiger partial charge >= 0.3 is 12.1 Å². The van der Waals surface area contributed by atoms with Crippen molar-refractivity contribution in [3.63, 3.8) is 0 Å². The first kappa shape index (κ1) is 19.0. The number of anilines is 1. The Hall–Kier alpha value is -2.05. The third-order valence-corrected chi connectivity index (χ3v) is 3.09. The van der Waals surface area contributed by atoms with Crippen molar-refractivity contribution in [1.82, 2.24) is 0 Å². The van der Waals surface area contributed by atoms with Crippen LogP contribution in [-0.2, 0) is 10.3 Å². The van der Waals surface area contributed by atoms with E-state index < -0.39 is 23.4 Å². The molecule has 1 rings (SSSR count). The van der Waals surface area contributed by atoms with Crippen LogP contribution in [0.4, 0.5) is 23.2 Å². The predicted molar refractivity (Wildman–Crippen MR) is 82.9 cm³/mol. The van der Waals surface area contributed by atoms with Gasteiger partial charge in [-0.2, -0.15) is 13.2 Å². The maximum Gasteiger partial charge on any atom is 0.471 e. The Morgan fingerprint density at radius 3 is 2.52 bits per heavy atom. The van der Waals surface area contributed by atoms with Gasteiger partial charge in [0.1, 0.15) is 5.82 Å². The molecule has 0 radical (unpaired) electrons. The smallest absolute Gasteiger partial charge is 0.318 e. The quantitative estimate of drug-likeness (QED) is 0.366.